The van der Waals surface area contributed by atoms with Gasteiger partial charge in [-0.2, -0.15) is 0 Å². The second-order valence-electron chi connectivity index (χ2n) is 6.83. The molecule has 1 unspecified atom stereocenters. The van der Waals surface area contributed by atoms with E-state index in [1.165, 1.54) is 31.2 Å². The number of benzene rings is 1. The molecule has 1 atom stereocenters. The summed E-state index contributed by atoms with van der Waals surface area (Å²) in [6, 6.07) is 6.97. The molecule has 1 aromatic carbocycles. The van der Waals surface area contributed by atoms with Gasteiger partial charge >= 0.3 is 0 Å². The number of piperazine rings is 1. The van der Waals surface area contributed by atoms with Crippen LogP contribution in [-0.4, -0.2) is 37.0 Å². The summed E-state index contributed by atoms with van der Waals surface area (Å²) < 4.78 is 0. The lowest BCUT2D eigenvalue weighted by atomic mass is 9.89. The highest BCUT2D eigenvalue weighted by molar-refractivity contribution is 5.78. The van der Waals surface area contributed by atoms with Gasteiger partial charge in [0.1, 0.15) is 0 Å². The Bertz CT molecular complexity index is 520. The Balaban J connectivity index is 1.54. The fraction of sp³-hybridized carbons (Fsp3) is 0.632. The van der Waals surface area contributed by atoms with Crippen molar-refractivity contribution in [1.29, 1.82) is 0 Å². The number of carbonyl (C=O) groups is 1. The number of aryl methyl sites for hydroxylation is 3. The number of carbonyl (C=O) groups excluding carboxylic acids is 1. The molecular formula is C19H28N2O. The molecule has 1 saturated heterocycles. The topological polar surface area (TPSA) is 32.3 Å². The van der Waals surface area contributed by atoms with E-state index < -0.39 is 0 Å². The highest BCUT2D eigenvalue weighted by atomic mass is 16.2. The molecule has 1 aliphatic carbocycles. The fourth-order valence-corrected chi connectivity index (χ4v) is 3.65. The summed E-state index contributed by atoms with van der Waals surface area (Å²) in [6.07, 6.45) is 7.12. The summed E-state index contributed by atoms with van der Waals surface area (Å²) in [5.41, 5.74) is 4.49. The molecule has 3 nitrogen and oxygen atoms in total. The molecule has 22 heavy (non-hydrogen) atoms. The van der Waals surface area contributed by atoms with Crippen LogP contribution in [0.25, 0.3) is 0 Å². The van der Waals surface area contributed by atoms with Gasteiger partial charge < -0.3 is 10.2 Å². The Morgan fingerprint density at radius 2 is 1.91 bits per heavy atom. The first-order valence-electron chi connectivity index (χ1n) is 8.84. The first kappa shape index (κ1) is 15.5. The molecule has 120 valence electrons. The van der Waals surface area contributed by atoms with Crippen molar-refractivity contribution in [3.8, 4) is 0 Å². The Morgan fingerprint density at radius 3 is 2.68 bits per heavy atom. The molecule has 3 rings (SSSR count). The number of hydrogen-bond donors (Lipinski definition) is 1. The van der Waals surface area contributed by atoms with Crippen LogP contribution >= 0.6 is 0 Å². The van der Waals surface area contributed by atoms with E-state index in [1.807, 2.05) is 4.90 Å². The molecule has 3 heteroatoms. The van der Waals surface area contributed by atoms with Crippen molar-refractivity contribution in [3.05, 3.63) is 34.9 Å². The lowest BCUT2D eigenvalue weighted by Gasteiger charge is -2.29. The summed E-state index contributed by atoms with van der Waals surface area (Å²) in [5.74, 6) is 0.466. The van der Waals surface area contributed by atoms with Crippen LogP contribution in [0, 0.1) is 5.92 Å². The molecule has 2 aliphatic rings. The maximum Gasteiger partial charge on any atom is 0.225 e. The monoisotopic (exact) mass is 300 g/mol. The molecule has 0 bridgehead atoms. The molecular weight excluding hydrogens is 272 g/mol. The lowest BCUT2D eigenvalue weighted by molar-refractivity contribution is -0.135. The van der Waals surface area contributed by atoms with Crippen LogP contribution in [0.2, 0.25) is 0 Å². The molecule has 1 fully saturated rings. The first-order valence-corrected chi connectivity index (χ1v) is 8.84. The third-order valence-electron chi connectivity index (χ3n) is 5.13. The van der Waals surface area contributed by atoms with Crippen LogP contribution in [-0.2, 0) is 24.1 Å². The summed E-state index contributed by atoms with van der Waals surface area (Å²) in [4.78, 5) is 14.5. The van der Waals surface area contributed by atoms with E-state index in [9.17, 15) is 4.79 Å². The second-order valence-corrected chi connectivity index (χ2v) is 6.83. The van der Waals surface area contributed by atoms with Crippen molar-refractivity contribution in [3.63, 3.8) is 0 Å². The van der Waals surface area contributed by atoms with E-state index in [0.717, 1.165) is 39.0 Å². The third kappa shape index (κ3) is 3.70. The van der Waals surface area contributed by atoms with Gasteiger partial charge in [0.05, 0.1) is 0 Å². The summed E-state index contributed by atoms with van der Waals surface area (Å²) in [7, 11) is 0. The number of nitrogens with one attached hydrogen (secondary N) is 1. The third-order valence-corrected chi connectivity index (χ3v) is 5.13. The van der Waals surface area contributed by atoms with Crippen LogP contribution < -0.4 is 5.32 Å². The van der Waals surface area contributed by atoms with E-state index in [2.05, 4.69) is 30.4 Å². The average molecular weight is 300 g/mol. The Hall–Kier alpha value is -1.35. The largest absolute Gasteiger partial charge is 0.340 e. The van der Waals surface area contributed by atoms with Gasteiger partial charge in [0.25, 0.3) is 0 Å². The van der Waals surface area contributed by atoms with E-state index in [4.69, 9.17) is 0 Å². The van der Waals surface area contributed by atoms with Crippen molar-refractivity contribution < 1.29 is 4.79 Å². The van der Waals surface area contributed by atoms with Gasteiger partial charge in [-0.3, -0.25) is 4.79 Å². The quantitative estimate of drug-likeness (QED) is 0.927. The van der Waals surface area contributed by atoms with Gasteiger partial charge in [-0.05, 0) is 55.2 Å². The molecule has 0 aromatic heterocycles. The second kappa shape index (κ2) is 7.28. The predicted molar refractivity (Wildman–Crippen MR) is 90.0 cm³/mol. The minimum Gasteiger partial charge on any atom is -0.340 e. The number of hydrogen-bond acceptors (Lipinski definition) is 2. The van der Waals surface area contributed by atoms with Crippen LogP contribution in [0.3, 0.4) is 0 Å². The smallest absolute Gasteiger partial charge is 0.225 e. The van der Waals surface area contributed by atoms with Gasteiger partial charge in [0, 0.05) is 32.1 Å². The minimum absolute atomic E-state index is 0.133. The fourth-order valence-electron chi connectivity index (χ4n) is 3.65. The summed E-state index contributed by atoms with van der Waals surface area (Å²) in [6.45, 7) is 5.68. The first-order chi connectivity index (χ1) is 10.7. The van der Waals surface area contributed by atoms with E-state index in [-0.39, 0.29) is 5.92 Å². The lowest BCUT2D eigenvalue weighted by Crippen LogP contribution is -2.48. The Labute approximate surface area is 134 Å². The van der Waals surface area contributed by atoms with Crippen LogP contribution in [0.15, 0.2) is 18.2 Å². The van der Waals surface area contributed by atoms with Crippen molar-refractivity contribution in [2.24, 2.45) is 5.92 Å². The summed E-state index contributed by atoms with van der Waals surface area (Å²) in [5, 5.41) is 3.30. The van der Waals surface area contributed by atoms with Gasteiger partial charge in [-0.1, -0.05) is 25.1 Å². The highest BCUT2D eigenvalue weighted by Crippen LogP contribution is 2.23. The zero-order chi connectivity index (χ0) is 15.4. The van der Waals surface area contributed by atoms with Crippen LogP contribution in [0.4, 0.5) is 0 Å². The summed E-state index contributed by atoms with van der Waals surface area (Å²) >= 11 is 0. The zero-order valence-corrected chi connectivity index (χ0v) is 13.7. The standard InChI is InChI=1S/C19H28N2O/c1-15(19(22)21-12-10-20-11-13-21)6-7-16-8-9-17-4-2-3-5-18(17)14-16/h8-9,14-15,20H,2-7,10-13H2,1H3. The number of fused-ring (bicyclic) bond motifs is 1. The highest BCUT2D eigenvalue weighted by Gasteiger charge is 2.21. The Morgan fingerprint density at radius 1 is 1.18 bits per heavy atom. The van der Waals surface area contributed by atoms with Crippen LogP contribution in [0.1, 0.15) is 42.9 Å². The molecule has 1 N–H and O–H groups in total. The molecule has 1 aromatic rings. The van der Waals surface area contributed by atoms with Crippen molar-refractivity contribution in [1.82, 2.24) is 10.2 Å². The van der Waals surface area contributed by atoms with Gasteiger partial charge in [-0.15, -0.1) is 0 Å². The molecule has 1 aliphatic heterocycles. The van der Waals surface area contributed by atoms with Gasteiger partial charge in [0.15, 0.2) is 0 Å². The van der Waals surface area contributed by atoms with Gasteiger partial charge in [-0.25, -0.2) is 0 Å². The number of rotatable bonds is 4. The maximum absolute atomic E-state index is 12.5. The van der Waals surface area contributed by atoms with Gasteiger partial charge in [0.2, 0.25) is 5.91 Å². The van der Waals surface area contributed by atoms with E-state index >= 15 is 0 Å². The minimum atomic E-state index is 0.133. The van der Waals surface area contributed by atoms with Crippen molar-refractivity contribution >= 4 is 5.91 Å². The molecule has 0 saturated carbocycles. The zero-order valence-electron chi connectivity index (χ0n) is 13.7. The van der Waals surface area contributed by atoms with Crippen molar-refractivity contribution in [2.75, 3.05) is 26.2 Å². The molecule has 1 amide bonds. The average Bonchev–Trinajstić information content (AvgIpc) is 2.59. The van der Waals surface area contributed by atoms with Crippen molar-refractivity contribution in [2.45, 2.75) is 45.4 Å². The van der Waals surface area contributed by atoms with Crippen LogP contribution in [0.5, 0.6) is 0 Å². The maximum atomic E-state index is 12.5. The molecule has 0 radical (unpaired) electrons. The molecule has 1 heterocycles. The predicted octanol–water partition coefficient (Wildman–Crippen LogP) is 2.57. The SMILES string of the molecule is CC(CCc1ccc2c(c1)CCCC2)C(=O)N1CCNCC1. The Kier molecular flexibility index (Phi) is 5.14. The molecule has 0 spiro atoms. The van der Waals surface area contributed by atoms with E-state index in [1.54, 1.807) is 11.1 Å². The number of nitrogens with zero attached hydrogens (tertiary/aromatic N) is 1. The number of amides is 1. The normalized spacial score (nSPS) is 19.6. The van der Waals surface area contributed by atoms with E-state index in [0.29, 0.717) is 5.91 Å².